The van der Waals surface area contributed by atoms with E-state index in [9.17, 15) is 4.79 Å². The molecule has 1 aliphatic carbocycles. The molecule has 6 heteroatoms. The molecule has 1 saturated carbocycles. The van der Waals surface area contributed by atoms with Gasteiger partial charge < -0.3 is 5.32 Å². The second-order valence-electron chi connectivity index (χ2n) is 4.77. The SMILES string of the molecule is Cc1sc(NC(=O)C2(C)CC2(Cl)Cl)c(C#N)c1C. The third-order valence-electron chi connectivity index (χ3n) is 3.48. The van der Waals surface area contributed by atoms with Crippen LogP contribution in [0, 0.1) is 30.6 Å². The van der Waals surface area contributed by atoms with E-state index in [1.807, 2.05) is 13.8 Å². The zero-order chi connectivity index (χ0) is 13.7. The van der Waals surface area contributed by atoms with Crippen molar-refractivity contribution in [2.24, 2.45) is 5.41 Å². The zero-order valence-electron chi connectivity index (χ0n) is 10.2. The van der Waals surface area contributed by atoms with Gasteiger partial charge in [0, 0.05) is 4.88 Å². The minimum Gasteiger partial charge on any atom is -0.316 e. The first kappa shape index (κ1) is 13.7. The van der Waals surface area contributed by atoms with E-state index in [1.165, 1.54) is 11.3 Å². The number of carbonyl (C=O) groups excluding carboxylic acids is 1. The minimum atomic E-state index is -0.995. The van der Waals surface area contributed by atoms with Gasteiger partial charge in [-0.2, -0.15) is 5.26 Å². The smallest absolute Gasteiger partial charge is 0.234 e. The predicted molar refractivity (Wildman–Crippen MR) is 74.3 cm³/mol. The van der Waals surface area contributed by atoms with Gasteiger partial charge in [0.1, 0.15) is 15.4 Å². The van der Waals surface area contributed by atoms with Crippen LogP contribution in [0.15, 0.2) is 0 Å². The van der Waals surface area contributed by atoms with E-state index in [4.69, 9.17) is 28.5 Å². The number of nitriles is 1. The maximum absolute atomic E-state index is 12.1. The molecule has 1 unspecified atom stereocenters. The van der Waals surface area contributed by atoms with Crippen LogP contribution in [-0.4, -0.2) is 10.2 Å². The van der Waals surface area contributed by atoms with Crippen molar-refractivity contribution in [3.63, 3.8) is 0 Å². The quantitative estimate of drug-likeness (QED) is 0.846. The van der Waals surface area contributed by atoms with Crippen molar-refractivity contribution >= 4 is 45.4 Å². The Kier molecular flexibility index (Phi) is 3.13. The van der Waals surface area contributed by atoms with Crippen LogP contribution in [0.3, 0.4) is 0 Å². The monoisotopic (exact) mass is 302 g/mol. The topological polar surface area (TPSA) is 52.9 Å². The molecule has 1 N–H and O–H groups in total. The molecule has 96 valence electrons. The number of amides is 1. The molecule has 1 fully saturated rings. The van der Waals surface area contributed by atoms with E-state index in [-0.39, 0.29) is 5.91 Å². The summed E-state index contributed by atoms with van der Waals surface area (Å²) in [6.45, 7) is 5.51. The lowest BCUT2D eigenvalue weighted by molar-refractivity contribution is -0.120. The van der Waals surface area contributed by atoms with Crippen LogP contribution in [0.1, 0.15) is 29.3 Å². The number of alkyl halides is 2. The molecule has 1 amide bonds. The Morgan fingerprint density at radius 2 is 2.06 bits per heavy atom. The second kappa shape index (κ2) is 4.12. The third-order valence-corrected chi connectivity index (χ3v) is 5.71. The first-order valence-electron chi connectivity index (χ1n) is 5.42. The Morgan fingerprint density at radius 3 is 2.50 bits per heavy atom. The summed E-state index contributed by atoms with van der Waals surface area (Å²) in [5, 5.41) is 12.4. The maximum Gasteiger partial charge on any atom is 0.234 e. The van der Waals surface area contributed by atoms with Gasteiger partial charge in [0.25, 0.3) is 0 Å². The number of hydrogen-bond acceptors (Lipinski definition) is 3. The number of anilines is 1. The van der Waals surface area contributed by atoms with E-state index in [1.54, 1.807) is 6.92 Å². The predicted octanol–water partition coefficient (Wildman–Crippen LogP) is 3.76. The van der Waals surface area contributed by atoms with Crippen molar-refractivity contribution in [3.05, 3.63) is 16.0 Å². The summed E-state index contributed by atoms with van der Waals surface area (Å²) in [4.78, 5) is 13.1. The van der Waals surface area contributed by atoms with Crippen LogP contribution in [0.5, 0.6) is 0 Å². The average molecular weight is 303 g/mol. The van der Waals surface area contributed by atoms with Gasteiger partial charge in [0.15, 0.2) is 0 Å². The summed E-state index contributed by atoms with van der Waals surface area (Å²) in [7, 11) is 0. The molecule has 1 aromatic rings. The minimum absolute atomic E-state index is 0.231. The summed E-state index contributed by atoms with van der Waals surface area (Å²) in [6.07, 6.45) is 0.431. The van der Waals surface area contributed by atoms with Crippen molar-refractivity contribution < 1.29 is 4.79 Å². The van der Waals surface area contributed by atoms with E-state index in [0.717, 1.165) is 10.4 Å². The number of hydrogen-bond donors (Lipinski definition) is 1. The van der Waals surface area contributed by atoms with Gasteiger partial charge in [-0.1, -0.05) is 0 Å². The highest BCUT2D eigenvalue weighted by molar-refractivity contribution is 7.16. The van der Waals surface area contributed by atoms with Gasteiger partial charge in [-0.05, 0) is 32.8 Å². The van der Waals surface area contributed by atoms with Crippen LogP contribution in [0.2, 0.25) is 0 Å². The fourth-order valence-corrected chi connectivity index (χ4v) is 3.45. The molecule has 0 radical (unpaired) electrons. The number of nitrogens with zero attached hydrogens (tertiary/aromatic N) is 1. The highest BCUT2D eigenvalue weighted by atomic mass is 35.5. The lowest BCUT2D eigenvalue weighted by atomic mass is 10.1. The largest absolute Gasteiger partial charge is 0.316 e. The molecule has 0 aromatic carbocycles. The summed E-state index contributed by atoms with van der Waals surface area (Å²) in [5.74, 6) is -0.231. The van der Waals surface area contributed by atoms with E-state index in [2.05, 4.69) is 11.4 Å². The molecule has 2 rings (SSSR count). The van der Waals surface area contributed by atoms with E-state index in [0.29, 0.717) is 17.0 Å². The van der Waals surface area contributed by atoms with Gasteiger partial charge in [0.05, 0.1) is 11.0 Å². The number of aryl methyl sites for hydroxylation is 1. The maximum atomic E-state index is 12.1. The van der Waals surface area contributed by atoms with Crippen LogP contribution < -0.4 is 5.32 Å². The highest BCUT2D eigenvalue weighted by Crippen LogP contribution is 2.64. The molecule has 0 saturated heterocycles. The summed E-state index contributed by atoms with van der Waals surface area (Å²) in [6, 6.07) is 2.11. The Hall–Kier alpha value is -0.760. The van der Waals surface area contributed by atoms with Gasteiger partial charge >= 0.3 is 0 Å². The normalized spacial score (nSPS) is 24.4. The molecule has 0 aliphatic heterocycles. The highest BCUT2D eigenvalue weighted by Gasteiger charge is 2.68. The number of halogens is 2. The first-order chi connectivity index (χ1) is 8.23. The van der Waals surface area contributed by atoms with Gasteiger partial charge in [-0.15, -0.1) is 34.5 Å². The van der Waals surface area contributed by atoms with Crippen LogP contribution in [0.25, 0.3) is 0 Å². The van der Waals surface area contributed by atoms with Crippen LogP contribution in [0.4, 0.5) is 5.00 Å². The zero-order valence-corrected chi connectivity index (χ0v) is 12.6. The van der Waals surface area contributed by atoms with E-state index >= 15 is 0 Å². The average Bonchev–Trinajstić information content (AvgIpc) is 2.67. The first-order valence-corrected chi connectivity index (χ1v) is 6.99. The van der Waals surface area contributed by atoms with Gasteiger partial charge in [0.2, 0.25) is 5.91 Å². The Morgan fingerprint density at radius 1 is 1.50 bits per heavy atom. The number of carbonyl (C=O) groups is 1. The van der Waals surface area contributed by atoms with Crippen molar-refractivity contribution in [2.75, 3.05) is 5.32 Å². The van der Waals surface area contributed by atoms with Crippen LogP contribution in [-0.2, 0) is 4.79 Å². The van der Waals surface area contributed by atoms with Crippen LogP contribution >= 0.6 is 34.5 Å². The van der Waals surface area contributed by atoms with E-state index < -0.39 is 9.75 Å². The lowest BCUT2D eigenvalue weighted by Gasteiger charge is -2.11. The number of nitrogens with one attached hydrogen (secondary N) is 1. The molecule has 1 aromatic heterocycles. The molecule has 0 spiro atoms. The lowest BCUT2D eigenvalue weighted by Crippen LogP contribution is -2.25. The summed E-state index contributed by atoms with van der Waals surface area (Å²) in [5.41, 5.74) is 0.654. The summed E-state index contributed by atoms with van der Waals surface area (Å²) < 4.78 is -0.995. The van der Waals surface area contributed by atoms with Gasteiger partial charge in [-0.3, -0.25) is 4.79 Å². The molecule has 1 heterocycles. The Labute approximate surface area is 120 Å². The van der Waals surface area contributed by atoms with Crippen molar-refractivity contribution in [1.82, 2.24) is 0 Å². The Balaban J connectivity index is 2.24. The fraction of sp³-hybridized carbons (Fsp3) is 0.500. The molecule has 1 aliphatic rings. The van der Waals surface area contributed by atoms with Crippen molar-refractivity contribution in [1.29, 1.82) is 5.26 Å². The molecule has 1 atom stereocenters. The Bertz CT molecular complexity index is 573. The summed E-state index contributed by atoms with van der Waals surface area (Å²) >= 11 is 13.3. The van der Waals surface area contributed by atoms with Crippen molar-refractivity contribution in [3.8, 4) is 6.07 Å². The fourth-order valence-electron chi connectivity index (χ4n) is 1.74. The molecule has 18 heavy (non-hydrogen) atoms. The second-order valence-corrected chi connectivity index (χ2v) is 7.48. The molecule has 3 nitrogen and oxygen atoms in total. The number of thiophene rings is 1. The van der Waals surface area contributed by atoms with Crippen molar-refractivity contribution in [2.45, 2.75) is 31.5 Å². The van der Waals surface area contributed by atoms with Gasteiger partial charge in [-0.25, -0.2) is 0 Å². The molecular formula is C12H12Cl2N2OS. The standard InChI is InChI=1S/C12H12Cl2N2OS/c1-6-7(2)18-9(8(6)4-15)16-10(17)11(3)5-12(11,13)14/h5H2,1-3H3,(H,16,17). The molecular weight excluding hydrogens is 291 g/mol. The molecule has 0 bridgehead atoms. The third kappa shape index (κ3) is 1.91. The number of rotatable bonds is 2.